The summed E-state index contributed by atoms with van der Waals surface area (Å²) in [6, 6.07) is 29.0. The van der Waals surface area contributed by atoms with Crippen molar-refractivity contribution in [3.63, 3.8) is 0 Å². The first-order valence-electron chi connectivity index (χ1n) is 9.96. The van der Waals surface area contributed by atoms with Gasteiger partial charge in [-0.25, -0.2) is 4.89 Å². The number of ether oxygens (including phenoxy) is 1. The number of nitrogens with one attached hydrogen (secondary N) is 1. The van der Waals surface area contributed by atoms with E-state index in [4.69, 9.17) is 14.5 Å². The fourth-order valence-electron chi connectivity index (χ4n) is 3.89. The summed E-state index contributed by atoms with van der Waals surface area (Å²) in [5.74, 6) is -2.05. The summed E-state index contributed by atoms with van der Waals surface area (Å²) in [5, 5.41) is 2.99. The van der Waals surface area contributed by atoms with Gasteiger partial charge in [-0.15, -0.1) is 0 Å². The van der Waals surface area contributed by atoms with Gasteiger partial charge in [0, 0.05) is 19.2 Å². The Morgan fingerprint density at radius 1 is 0.867 bits per heavy atom. The molecule has 3 aromatic carbocycles. The van der Waals surface area contributed by atoms with Gasteiger partial charge in [0.2, 0.25) is 11.7 Å². The maximum absolute atomic E-state index is 13.4. The number of rotatable bonds is 5. The van der Waals surface area contributed by atoms with Crippen molar-refractivity contribution in [2.45, 2.75) is 24.7 Å². The minimum Gasteiger partial charge on any atom is -0.350 e. The molecule has 0 aromatic heterocycles. The summed E-state index contributed by atoms with van der Waals surface area (Å²) >= 11 is 0. The van der Waals surface area contributed by atoms with Crippen molar-refractivity contribution in [3.8, 4) is 0 Å². The highest BCUT2D eigenvalue weighted by Crippen LogP contribution is 2.48. The predicted octanol–water partition coefficient (Wildman–Crippen LogP) is 4.90. The van der Waals surface area contributed by atoms with Crippen LogP contribution in [-0.2, 0) is 24.9 Å². The predicted molar refractivity (Wildman–Crippen MR) is 114 cm³/mol. The zero-order valence-electron chi connectivity index (χ0n) is 17.1. The summed E-state index contributed by atoms with van der Waals surface area (Å²) in [6.45, 7) is 1.72. The van der Waals surface area contributed by atoms with Crippen LogP contribution in [0.15, 0.2) is 91.0 Å². The van der Waals surface area contributed by atoms with Crippen molar-refractivity contribution in [2.75, 3.05) is 12.4 Å². The van der Waals surface area contributed by atoms with Crippen LogP contribution in [-0.4, -0.2) is 18.8 Å². The first kappa shape index (κ1) is 20.3. The molecule has 1 heterocycles. The van der Waals surface area contributed by atoms with Crippen molar-refractivity contribution in [1.29, 1.82) is 0 Å². The molecule has 2 atom stereocenters. The van der Waals surface area contributed by atoms with E-state index >= 15 is 0 Å². The molecule has 3 aromatic rings. The first-order valence-corrected chi connectivity index (χ1v) is 9.96. The van der Waals surface area contributed by atoms with Gasteiger partial charge in [0.05, 0.1) is 5.92 Å². The number of hydrogen-bond donors (Lipinski definition) is 1. The summed E-state index contributed by atoms with van der Waals surface area (Å²) in [5.41, 5.74) is 1.59. The summed E-state index contributed by atoms with van der Waals surface area (Å²) in [7, 11) is 1.52. The Bertz CT molecular complexity index is 938. The number of benzene rings is 3. The summed E-state index contributed by atoms with van der Waals surface area (Å²) in [6.07, 6.45) is 0.351. The Labute approximate surface area is 176 Å². The van der Waals surface area contributed by atoms with Gasteiger partial charge in [0.1, 0.15) is 0 Å². The van der Waals surface area contributed by atoms with Crippen molar-refractivity contribution in [3.05, 3.63) is 102 Å². The van der Waals surface area contributed by atoms with Gasteiger partial charge in [0.15, 0.2) is 5.60 Å². The lowest BCUT2D eigenvalue weighted by Crippen LogP contribution is -2.55. The Balaban J connectivity index is 1.75. The third-order valence-corrected chi connectivity index (χ3v) is 5.72. The highest BCUT2D eigenvalue weighted by atomic mass is 17.2. The maximum atomic E-state index is 13.4. The molecule has 1 fully saturated rings. The molecule has 0 unspecified atom stereocenters. The van der Waals surface area contributed by atoms with Gasteiger partial charge < -0.3 is 10.1 Å². The highest BCUT2D eigenvalue weighted by Gasteiger charge is 2.55. The van der Waals surface area contributed by atoms with E-state index in [0.717, 1.165) is 16.8 Å². The molecule has 154 valence electrons. The standard InChI is InChI=1S/C25H25NO4/c1-24(28-2)22(23(27)26-21-16-10-5-11-17-21)18-25(30-29-24,19-12-6-3-7-13-19)20-14-8-4-9-15-20/h3-17,22H,18H2,1-2H3,(H,26,27)/t22-,24+/m1/s1. The number of para-hydroxylation sites is 1. The second-order valence-electron chi connectivity index (χ2n) is 7.56. The molecule has 5 heteroatoms. The van der Waals surface area contributed by atoms with E-state index in [1.54, 1.807) is 6.92 Å². The monoisotopic (exact) mass is 403 g/mol. The molecule has 1 saturated heterocycles. The lowest BCUT2D eigenvalue weighted by atomic mass is 9.76. The fraction of sp³-hybridized carbons (Fsp3) is 0.240. The van der Waals surface area contributed by atoms with E-state index in [0.29, 0.717) is 6.42 Å². The van der Waals surface area contributed by atoms with E-state index in [1.165, 1.54) is 7.11 Å². The van der Waals surface area contributed by atoms with Gasteiger partial charge >= 0.3 is 0 Å². The average molecular weight is 403 g/mol. The zero-order chi connectivity index (χ0) is 21.0. The normalized spacial score (nSPS) is 22.9. The summed E-state index contributed by atoms with van der Waals surface area (Å²) in [4.78, 5) is 25.3. The quantitative estimate of drug-likeness (QED) is 0.616. The Hall–Kier alpha value is -2.99. The van der Waals surface area contributed by atoms with Crippen molar-refractivity contribution >= 4 is 11.6 Å². The van der Waals surface area contributed by atoms with Gasteiger partial charge in [-0.05, 0) is 30.2 Å². The number of carbonyl (C=O) groups is 1. The number of methoxy groups -OCH3 is 1. The molecule has 1 aliphatic rings. The first-order chi connectivity index (χ1) is 14.6. The highest BCUT2D eigenvalue weighted by molar-refractivity contribution is 5.93. The number of hydrogen-bond acceptors (Lipinski definition) is 4. The molecule has 5 nitrogen and oxygen atoms in total. The van der Waals surface area contributed by atoms with E-state index in [1.807, 2.05) is 91.0 Å². The van der Waals surface area contributed by atoms with Gasteiger partial charge in [-0.3, -0.25) is 4.79 Å². The van der Waals surface area contributed by atoms with Crippen LogP contribution < -0.4 is 5.32 Å². The Kier molecular flexibility index (Phi) is 5.68. The van der Waals surface area contributed by atoms with Gasteiger partial charge in [0.25, 0.3) is 0 Å². The van der Waals surface area contributed by atoms with E-state index in [-0.39, 0.29) is 5.91 Å². The minimum atomic E-state index is -1.23. The molecule has 1 aliphatic heterocycles. The third-order valence-electron chi connectivity index (χ3n) is 5.72. The third kappa shape index (κ3) is 3.75. The molecular formula is C25H25NO4. The van der Waals surface area contributed by atoms with Crippen LogP contribution in [0.5, 0.6) is 0 Å². The number of carbonyl (C=O) groups excluding carboxylic acids is 1. The van der Waals surface area contributed by atoms with Crippen LogP contribution in [0.3, 0.4) is 0 Å². The van der Waals surface area contributed by atoms with Crippen LogP contribution >= 0.6 is 0 Å². The Morgan fingerprint density at radius 3 is 1.87 bits per heavy atom. The molecule has 0 radical (unpaired) electrons. The second kappa shape index (κ2) is 8.40. The Morgan fingerprint density at radius 2 is 1.37 bits per heavy atom. The van der Waals surface area contributed by atoms with Gasteiger partial charge in [-0.2, -0.15) is 4.89 Å². The van der Waals surface area contributed by atoms with Crippen LogP contribution in [0, 0.1) is 5.92 Å². The molecule has 0 saturated carbocycles. The molecule has 1 amide bonds. The molecular weight excluding hydrogens is 378 g/mol. The van der Waals surface area contributed by atoms with Crippen molar-refractivity contribution in [1.82, 2.24) is 0 Å². The fourth-order valence-corrected chi connectivity index (χ4v) is 3.89. The zero-order valence-corrected chi connectivity index (χ0v) is 17.1. The van der Waals surface area contributed by atoms with Crippen LogP contribution in [0.4, 0.5) is 5.69 Å². The molecule has 0 bridgehead atoms. The second-order valence-corrected chi connectivity index (χ2v) is 7.56. The van der Waals surface area contributed by atoms with Crippen LogP contribution in [0.2, 0.25) is 0 Å². The molecule has 4 rings (SSSR count). The number of amides is 1. The van der Waals surface area contributed by atoms with Crippen molar-refractivity contribution < 1.29 is 19.3 Å². The maximum Gasteiger partial charge on any atom is 0.233 e. The largest absolute Gasteiger partial charge is 0.350 e. The van der Waals surface area contributed by atoms with E-state index < -0.39 is 17.3 Å². The lowest BCUT2D eigenvalue weighted by molar-refractivity contribution is -0.491. The number of anilines is 1. The topological polar surface area (TPSA) is 56.8 Å². The summed E-state index contributed by atoms with van der Waals surface area (Å²) < 4.78 is 5.61. The van der Waals surface area contributed by atoms with E-state index in [9.17, 15) is 4.79 Å². The lowest BCUT2D eigenvalue weighted by Gasteiger charge is -2.47. The minimum absolute atomic E-state index is 0.190. The molecule has 0 spiro atoms. The van der Waals surface area contributed by atoms with Crippen LogP contribution in [0.1, 0.15) is 24.5 Å². The average Bonchev–Trinajstić information content (AvgIpc) is 2.81. The van der Waals surface area contributed by atoms with Crippen molar-refractivity contribution in [2.24, 2.45) is 5.92 Å². The molecule has 0 aliphatic carbocycles. The molecule has 1 N–H and O–H groups in total. The smallest absolute Gasteiger partial charge is 0.233 e. The SMILES string of the molecule is CO[C@@]1(C)OOC(c2ccccc2)(c2ccccc2)C[C@@H]1C(=O)Nc1ccccc1. The molecule has 30 heavy (non-hydrogen) atoms. The van der Waals surface area contributed by atoms with Gasteiger partial charge in [-0.1, -0.05) is 78.9 Å². The van der Waals surface area contributed by atoms with E-state index in [2.05, 4.69) is 5.32 Å². The van der Waals surface area contributed by atoms with Crippen LogP contribution in [0.25, 0.3) is 0 Å².